The van der Waals surface area contributed by atoms with Gasteiger partial charge in [-0.1, -0.05) is 37.3 Å². The zero-order valence-electron chi connectivity index (χ0n) is 11.4. The lowest BCUT2D eigenvalue weighted by Crippen LogP contribution is -2.01. The molecule has 0 saturated heterocycles. The van der Waals surface area contributed by atoms with Crippen molar-refractivity contribution in [3.63, 3.8) is 0 Å². The second-order valence-corrected chi connectivity index (χ2v) is 4.71. The van der Waals surface area contributed by atoms with Crippen molar-refractivity contribution in [1.82, 2.24) is 0 Å². The fourth-order valence-corrected chi connectivity index (χ4v) is 1.93. The molecule has 0 aliphatic heterocycles. The second-order valence-electron chi connectivity index (χ2n) is 4.71. The third-order valence-electron chi connectivity index (χ3n) is 3.23. The highest BCUT2D eigenvalue weighted by molar-refractivity contribution is 5.37. The van der Waals surface area contributed by atoms with Crippen LogP contribution in [0.5, 0.6) is 5.75 Å². The van der Waals surface area contributed by atoms with Gasteiger partial charge in [0.1, 0.15) is 12.4 Å². The van der Waals surface area contributed by atoms with E-state index in [1.807, 2.05) is 49.4 Å². The fourth-order valence-electron chi connectivity index (χ4n) is 1.93. The normalized spacial score (nSPS) is 11.7. The smallest absolute Gasteiger partial charge is 0.120 e. The van der Waals surface area contributed by atoms with E-state index in [1.54, 1.807) is 6.07 Å². The first-order chi connectivity index (χ1) is 9.74. The van der Waals surface area contributed by atoms with E-state index in [1.165, 1.54) is 0 Å². The lowest BCUT2D eigenvalue weighted by Gasteiger charge is -2.12. The molecule has 2 aromatic rings. The van der Waals surface area contributed by atoms with Gasteiger partial charge in [0.05, 0.1) is 11.6 Å². The van der Waals surface area contributed by atoms with E-state index in [9.17, 15) is 5.11 Å². The molecule has 2 aromatic carbocycles. The van der Waals surface area contributed by atoms with E-state index in [-0.39, 0.29) is 12.5 Å². The summed E-state index contributed by atoms with van der Waals surface area (Å²) >= 11 is 0. The first kappa shape index (κ1) is 14.1. The lowest BCUT2D eigenvalue weighted by atomic mass is 10.0. The summed E-state index contributed by atoms with van der Waals surface area (Å²) in [7, 11) is 0. The third-order valence-corrected chi connectivity index (χ3v) is 3.23. The molecule has 0 spiro atoms. The molecular weight excluding hydrogens is 250 g/mol. The molecule has 0 fully saturated rings. The maximum Gasteiger partial charge on any atom is 0.120 e. The van der Waals surface area contributed by atoms with Crippen LogP contribution in [-0.2, 0) is 6.61 Å². The van der Waals surface area contributed by atoms with Crippen molar-refractivity contribution in [2.45, 2.75) is 19.4 Å². The Morgan fingerprint density at radius 1 is 1.20 bits per heavy atom. The number of hydrogen-bond donors (Lipinski definition) is 1. The number of nitrogens with zero attached hydrogens (tertiary/aromatic N) is 1. The van der Waals surface area contributed by atoms with E-state index in [0.29, 0.717) is 12.2 Å². The Hall–Kier alpha value is -2.31. The average Bonchev–Trinajstić information content (AvgIpc) is 2.52. The highest BCUT2D eigenvalue weighted by Gasteiger charge is 2.06. The molecule has 102 valence electrons. The predicted molar refractivity (Wildman–Crippen MR) is 77.4 cm³/mol. The molecule has 0 heterocycles. The summed E-state index contributed by atoms with van der Waals surface area (Å²) in [5.41, 5.74) is 2.54. The van der Waals surface area contributed by atoms with Gasteiger partial charge in [-0.2, -0.15) is 5.26 Å². The molecule has 3 heteroatoms. The third kappa shape index (κ3) is 3.37. The Kier molecular flexibility index (Phi) is 4.75. The number of benzene rings is 2. The van der Waals surface area contributed by atoms with Gasteiger partial charge in [-0.25, -0.2) is 0 Å². The van der Waals surface area contributed by atoms with Gasteiger partial charge < -0.3 is 9.84 Å². The Morgan fingerprint density at radius 3 is 2.75 bits per heavy atom. The molecule has 0 unspecified atom stereocenters. The monoisotopic (exact) mass is 267 g/mol. The molecule has 0 saturated carbocycles. The van der Waals surface area contributed by atoms with Gasteiger partial charge in [0, 0.05) is 18.1 Å². The number of rotatable bonds is 5. The molecule has 3 nitrogen and oxygen atoms in total. The van der Waals surface area contributed by atoms with Crippen molar-refractivity contribution in [2.24, 2.45) is 0 Å². The van der Waals surface area contributed by atoms with E-state index in [4.69, 9.17) is 10.00 Å². The summed E-state index contributed by atoms with van der Waals surface area (Å²) in [6.07, 6.45) is 0. The maximum absolute atomic E-state index is 9.18. The highest BCUT2D eigenvalue weighted by atomic mass is 16.5. The Morgan fingerprint density at radius 2 is 2.00 bits per heavy atom. The topological polar surface area (TPSA) is 53.2 Å². The minimum atomic E-state index is 0.0879. The van der Waals surface area contributed by atoms with Gasteiger partial charge in [-0.05, 0) is 23.8 Å². The van der Waals surface area contributed by atoms with Crippen LogP contribution < -0.4 is 4.74 Å². The van der Waals surface area contributed by atoms with Gasteiger partial charge in [0.2, 0.25) is 0 Å². The van der Waals surface area contributed by atoms with Crippen molar-refractivity contribution in [1.29, 1.82) is 5.26 Å². The maximum atomic E-state index is 9.18. The average molecular weight is 267 g/mol. The molecular formula is C17H17NO2. The molecule has 0 aromatic heterocycles. The number of aliphatic hydroxyl groups is 1. The Labute approximate surface area is 119 Å². The van der Waals surface area contributed by atoms with E-state index >= 15 is 0 Å². The van der Waals surface area contributed by atoms with Crippen LogP contribution in [0.15, 0.2) is 48.5 Å². The van der Waals surface area contributed by atoms with Crippen LogP contribution in [0.4, 0.5) is 0 Å². The van der Waals surface area contributed by atoms with Crippen LogP contribution >= 0.6 is 0 Å². The number of nitriles is 1. The number of aliphatic hydroxyl groups excluding tert-OH is 1. The summed E-state index contributed by atoms with van der Waals surface area (Å²) in [6, 6.07) is 17.2. The molecule has 1 N–H and O–H groups in total. The number of hydrogen-bond acceptors (Lipinski definition) is 3. The number of ether oxygens (including phenoxy) is 1. The second kappa shape index (κ2) is 6.74. The van der Waals surface area contributed by atoms with Crippen molar-refractivity contribution in [3.8, 4) is 11.8 Å². The molecule has 0 amide bonds. The minimum absolute atomic E-state index is 0.0879. The predicted octanol–water partition coefficient (Wildman–Crippen LogP) is 3.23. The SMILES string of the molecule is C[C@H](CO)c1cccc(OCc2ccccc2C#N)c1. The Bertz CT molecular complexity index is 616. The minimum Gasteiger partial charge on any atom is -0.489 e. The van der Waals surface area contributed by atoms with E-state index in [2.05, 4.69) is 6.07 Å². The molecule has 20 heavy (non-hydrogen) atoms. The van der Waals surface area contributed by atoms with Crippen molar-refractivity contribution < 1.29 is 9.84 Å². The van der Waals surface area contributed by atoms with Gasteiger partial charge in [-0.15, -0.1) is 0 Å². The molecule has 0 radical (unpaired) electrons. The lowest BCUT2D eigenvalue weighted by molar-refractivity contribution is 0.272. The van der Waals surface area contributed by atoms with E-state index in [0.717, 1.165) is 16.9 Å². The van der Waals surface area contributed by atoms with Crippen molar-refractivity contribution >= 4 is 0 Å². The molecule has 0 aliphatic rings. The van der Waals surface area contributed by atoms with Crippen LogP contribution in [0, 0.1) is 11.3 Å². The van der Waals surface area contributed by atoms with Gasteiger partial charge in [0.15, 0.2) is 0 Å². The van der Waals surface area contributed by atoms with Crippen LogP contribution in [-0.4, -0.2) is 11.7 Å². The molecule has 1 atom stereocenters. The van der Waals surface area contributed by atoms with Gasteiger partial charge >= 0.3 is 0 Å². The summed E-state index contributed by atoms with van der Waals surface area (Å²) in [4.78, 5) is 0. The highest BCUT2D eigenvalue weighted by Crippen LogP contribution is 2.21. The summed E-state index contributed by atoms with van der Waals surface area (Å²) in [5, 5.41) is 18.2. The Balaban J connectivity index is 2.10. The molecule has 0 bridgehead atoms. The van der Waals surface area contributed by atoms with E-state index < -0.39 is 0 Å². The first-order valence-electron chi connectivity index (χ1n) is 6.56. The zero-order valence-corrected chi connectivity index (χ0v) is 11.4. The standard InChI is InChI=1S/C17H17NO2/c1-13(11-19)14-7-4-8-17(9-14)20-12-16-6-3-2-5-15(16)10-18/h2-9,13,19H,11-12H2,1H3/t13-/m1/s1. The summed E-state index contributed by atoms with van der Waals surface area (Å²) in [6.45, 7) is 2.44. The molecule has 0 aliphatic carbocycles. The quantitative estimate of drug-likeness (QED) is 0.904. The molecule has 2 rings (SSSR count). The van der Waals surface area contributed by atoms with Crippen LogP contribution in [0.3, 0.4) is 0 Å². The fraction of sp³-hybridized carbons (Fsp3) is 0.235. The van der Waals surface area contributed by atoms with Crippen LogP contribution in [0.25, 0.3) is 0 Å². The van der Waals surface area contributed by atoms with Gasteiger partial charge in [0.25, 0.3) is 0 Å². The summed E-state index contributed by atoms with van der Waals surface area (Å²) < 4.78 is 5.74. The summed E-state index contributed by atoms with van der Waals surface area (Å²) in [5.74, 6) is 0.834. The largest absolute Gasteiger partial charge is 0.489 e. The van der Waals surface area contributed by atoms with Crippen molar-refractivity contribution in [2.75, 3.05) is 6.61 Å². The zero-order chi connectivity index (χ0) is 14.4. The van der Waals surface area contributed by atoms with Crippen molar-refractivity contribution in [3.05, 3.63) is 65.2 Å². The van der Waals surface area contributed by atoms with Crippen LogP contribution in [0.2, 0.25) is 0 Å². The van der Waals surface area contributed by atoms with Crippen LogP contribution in [0.1, 0.15) is 29.5 Å². The van der Waals surface area contributed by atoms with Gasteiger partial charge in [-0.3, -0.25) is 0 Å². The first-order valence-corrected chi connectivity index (χ1v) is 6.56.